The molecule has 0 heteroatoms. The van der Waals surface area contributed by atoms with E-state index in [-0.39, 0.29) is 5.41 Å². The third-order valence-corrected chi connectivity index (χ3v) is 5.68. The van der Waals surface area contributed by atoms with E-state index in [1.165, 1.54) is 43.8 Å². The molecule has 0 saturated carbocycles. The first-order chi connectivity index (χ1) is 12.2. The standard InChI is InChI=1S/C25H20/c1-3-12-25(2)23-15-19-10-6-4-8-17(19)13-21(23)22-14-18-9-5-7-11-20(18)16-24(22)25/h3-16H,1-2H3. The maximum Gasteiger partial charge on any atom is 0.0366 e. The number of fused-ring (bicyclic) bond motifs is 5. The predicted molar refractivity (Wildman–Crippen MR) is 108 cm³/mol. The molecule has 1 aliphatic carbocycles. The summed E-state index contributed by atoms with van der Waals surface area (Å²) in [6, 6.07) is 26.8. The lowest BCUT2D eigenvalue weighted by Gasteiger charge is -2.24. The van der Waals surface area contributed by atoms with E-state index in [2.05, 4.69) is 98.8 Å². The van der Waals surface area contributed by atoms with E-state index >= 15 is 0 Å². The van der Waals surface area contributed by atoms with Crippen LogP contribution in [0, 0.1) is 0 Å². The summed E-state index contributed by atoms with van der Waals surface area (Å²) in [5.74, 6) is 0. The SMILES string of the molecule is CC=CC1(C)c2cc3ccccc3cc2-c2cc3ccccc3cc21. The van der Waals surface area contributed by atoms with Gasteiger partial charge in [0.25, 0.3) is 0 Å². The zero-order valence-corrected chi connectivity index (χ0v) is 14.6. The fourth-order valence-corrected chi connectivity index (χ4v) is 4.44. The van der Waals surface area contributed by atoms with Crippen molar-refractivity contribution < 1.29 is 0 Å². The molecule has 0 saturated heterocycles. The third kappa shape index (κ3) is 1.94. The van der Waals surface area contributed by atoms with Crippen LogP contribution < -0.4 is 0 Å². The van der Waals surface area contributed by atoms with E-state index in [4.69, 9.17) is 0 Å². The Kier molecular flexibility index (Phi) is 2.93. The summed E-state index contributed by atoms with van der Waals surface area (Å²) in [4.78, 5) is 0. The molecule has 5 rings (SSSR count). The monoisotopic (exact) mass is 320 g/mol. The van der Waals surface area contributed by atoms with Crippen molar-refractivity contribution in [2.24, 2.45) is 0 Å². The Bertz CT molecular complexity index is 1080. The Balaban J connectivity index is 1.93. The summed E-state index contributed by atoms with van der Waals surface area (Å²) in [5.41, 5.74) is 5.50. The largest absolute Gasteiger partial charge is 0.0905 e. The first kappa shape index (κ1) is 14.5. The van der Waals surface area contributed by atoms with Crippen molar-refractivity contribution in [2.75, 3.05) is 0 Å². The van der Waals surface area contributed by atoms with Crippen LogP contribution in [0.4, 0.5) is 0 Å². The van der Waals surface area contributed by atoms with Crippen molar-refractivity contribution in [3.63, 3.8) is 0 Å². The van der Waals surface area contributed by atoms with Crippen LogP contribution in [-0.4, -0.2) is 0 Å². The van der Waals surface area contributed by atoms with E-state index in [9.17, 15) is 0 Å². The number of allylic oxidation sites excluding steroid dienone is 2. The molecule has 4 aromatic rings. The van der Waals surface area contributed by atoms with Gasteiger partial charge < -0.3 is 0 Å². The topological polar surface area (TPSA) is 0 Å². The highest BCUT2D eigenvalue weighted by Crippen LogP contribution is 2.51. The first-order valence-corrected chi connectivity index (χ1v) is 8.91. The summed E-state index contributed by atoms with van der Waals surface area (Å²) in [7, 11) is 0. The second-order valence-corrected chi connectivity index (χ2v) is 7.19. The molecule has 0 atom stereocenters. The van der Waals surface area contributed by atoms with E-state index < -0.39 is 0 Å². The lowest BCUT2D eigenvalue weighted by atomic mass is 9.79. The van der Waals surface area contributed by atoms with Crippen LogP contribution in [0.1, 0.15) is 25.0 Å². The Labute approximate surface area is 148 Å². The lowest BCUT2D eigenvalue weighted by molar-refractivity contribution is 0.748. The molecule has 0 N–H and O–H groups in total. The maximum absolute atomic E-state index is 2.38. The molecule has 25 heavy (non-hydrogen) atoms. The van der Waals surface area contributed by atoms with Gasteiger partial charge in [0.15, 0.2) is 0 Å². The smallest absolute Gasteiger partial charge is 0.0366 e. The Morgan fingerprint density at radius 2 is 1.04 bits per heavy atom. The molecule has 1 aliphatic rings. The average molecular weight is 320 g/mol. The molecular formula is C25H20. The minimum absolute atomic E-state index is 0.0759. The molecule has 0 bridgehead atoms. The second-order valence-electron chi connectivity index (χ2n) is 7.19. The van der Waals surface area contributed by atoms with Gasteiger partial charge in [0.2, 0.25) is 0 Å². The Morgan fingerprint density at radius 1 is 0.640 bits per heavy atom. The molecule has 0 heterocycles. The van der Waals surface area contributed by atoms with Gasteiger partial charge in [-0.2, -0.15) is 0 Å². The van der Waals surface area contributed by atoms with Crippen molar-refractivity contribution >= 4 is 21.5 Å². The molecule has 0 spiro atoms. The quantitative estimate of drug-likeness (QED) is 0.336. The van der Waals surface area contributed by atoms with Gasteiger partial charge in [-0.15, -0.1) is 0 Å². The fourth-order valence-electron chi connectivity index (χ4n) is 4.44. The minimum atomic E-state index is -0.0759. The van der Waals surface area contributed by atoms with Gasteiger partial charge in [0, 0.05) is 5.41 Å². The molecule has 120 valence electrons. The van der Waals surface area contributed by atoms with Crippen LogP contribution in [0.3, 0.4) is 0 Å². The number of rotatable bonds is 1. The van der Waals surface area contributed by atoms with Crippen LogP contribution >= 0.6 is 0 Å². The van der Waals surface area contributed by atoms with Gasteiger partial charge >= 0.3 is 0 Å². The molecule has 0 aromatic heterocycles. The minimum Gasteiger partial charge on any atom is -0.0905 e. The summed E-state index contributed by atoms with van der Waals surface area (Å²) in [6.45, 7) is 4.46. The second kappa shape index (κ2) is 5.07. The number of hydrogen-bond acceptors (Lipinski definition) is 0. The summed E-state index contributed by atoms with van der Waals surface area (Å²) < 4.78 is 0. The van der Waals surface area contributed by atoms with Crippen molar-refractivity contribution in [1.29, 1.82) is 0 Å². The maximum atomic E-state index is 2.38. The zero-order valence-electron chi connectivity index (χ0n) is 14.6. The van der Waals surface area contributed by atoms with E-state index in [1.54, 1.807) is 0 Å². The highest BCUT2D eigenvalue weighted by Gasteiger charge is 2.37. The Morgan fingerprint density at radius 3 is 1.44 bits per heavy atom. The van der Waals surface area contributed by atoms with Gasteiger partial charge in [-0.3, -0.25) is 0 Å². The summed E-state index contributed by atoms with van der Waals surface area (Å²) >= 11 is 0. The van der Waals surface area contributed by atoms with Gasteiger partial charge in [0.05, 0.1) is 0 Å². The molecule has 0 radical (unpaired) electrons. The van der Waals surface area contributed by atoms with Crippen LogP contribution in [0.2, 0.25) is 0 Å². The fraction of sp³-hybridized carbons (Fsp3) is 0.120. The van der Waals surface area contributed by atoms with Gasteiger partial charge in [-0.25, -0.2) is 0 Å². The molecule has 4 aromatic carbocycles. The van der Waals surface area contributed by atoms with E-state index in [0.717, 1.165) is 0 Å². The van der Waals surface area contributed by atoms with Crippen molar-refractivity contribution in [3.05, 3.63) is 96.1 Å². The molecule has 0 amide bonds. The summed E-state index contributed by atoms with van der Waals surface area (Å²) in [6.07, 6.45) is 4.53. The number of hydrogen-bond donors (Lipinski definition) is 0. The van der Waals surface area contributed by atoms with Crippen molar-refractivity contribution in [3.8, 4) is 11.1 Å². The summed E-state index contributed by atoms with van der Waals surface area (Å²) in [5, 5.41) is 5.25. The van der Waals surface area contributed by atoms with Gasteiger partial charge in [0.1, 0.15) is 0 Å². The Hall–Kier alpha value is -2.86. The molecule has 0 unspecified atom stereocenters. The third-order valence-electron chi connectivity index (χ3n) is 5.68. The first-order valence-electron chi connectivity index (χ1n) is 8.91. The highest BCUT2D eigenvalue weighted by atomic mass is 14.4. The van der Waals surface area contributed by atoms with E-state index in [1.807, 2.05) is 0 Å². The average Bonchev–Trinajstić information content (AvgIpc) is 2.87. The molecule has 0 aliphatic heterocycles. The number of benzene rings is 4. The van der Waals surface area contributed by atoms with Crippen LogP contribution in [0.15, 0.2) is 84.9 Å². The zero-order chi connectivity index (χ0) is 17.0. The van der Waals surface area contributed by atoms with Gasteiger partial charge in [-0.1, -0.05) is 60.7 Å². The van der Waals surface area contributed by atoms with Gasteiger partial charge in [-0.05, 0) is 81.9 Å². The van der Waals surface area contributed by atoms with Crippen molar-refractivity contribution in [2.45, 2.75) is 19.3 Å². The van der Waals surface area contributed by atoms with Crippen LogP contribution in [0.5, 0.6) is 0 Å². The molecule has 0 nitrogen and oxygen atoms in total. The lowest BCUT2D eigenvalue weighted by Crippen LogP contribution is -2.17. The van der Waals surface area contributed by atoms with E-state index in [0.29, 0.717) is 0 Å². The van der Waals surface area contributed by atoms with Crippen LogP contribution in [0.25, 0.3) is 32.7 Å². The van der Waals surface area contributed by atoms with Crippen LogP contribution in [-0.2, 0) is 5.41 Å². The molecule has 0 fully saturated rings. The normalized spacial score (nSPS) is 15.0. The predicted octanol–water partition coefficient (Wildman–Crippen LogP) is 6.86. The molecular weight excluding hydrogens is 300 g/mol. The highest BCUT2D eigenvalue weighted by molar-refractivity contribution is 5.98. The van der Waals surface area contributed by atoms with Crippen molar-refractivity contribution in [1.82, 2.24) is 0 Å².